The number of amides is 1. The minimum absolute atomic E-state index is 0.199. The Bertz CT molecular complexity index is 687. The number of nitrogens with one attached hydrogen (secondary N) is 2. The molecule has 0 bridgehead atoms. The van der Waals surface area contributed by atoms with Crippen LogP contribution < -0.4 is 10.6 Å². The molecule has 0 aliphatic rings. The Morgan fingerprint density at radius 3 is 2.62 bits per heavy atom. The highest BCUT2D eigenvalue weighted by atomic mass is 35.5. The van der Waals surface area contributed by atoms with Crippen LogP contribution in [-0.4, -0.2) is 24.0 Å². The molecule has 6 heteroatoms. The maximum Gasteiger partial charge on any atom is 0.269 e. The Hall–Kier alpha value is -1.78. The number of hydrogen-bond donors (Lipinski definition) is 2. The van der Waals surface area contributed by atoms with Gasteiger partial charge in [-0.1, -0.05) is 43.1 Å². The van der Waals surface area contributed by atoms with Crippen molar-refractivity contribution in [3.05, 3.63) is 57.8 Å². The van der Waals surface area contributed by atoms with Crippen molar-refractivity contribution < 1.29 is 4.79 Å². The Labute approximate surface area is 152 Å². The fraction of sp³-hybridized carbons (Fsp3) is 0.333. The largest absolute Gasteiger partial charge is 0.384 e. The van der Waals surface area contributed by atoms with Gasteiger partial charge in [-0.25, -0.2) is 4.98 Å². The van der Waals surface area contributed by atoms with Crippen molar-refractivity contribution in [1.82, 2.24) is 10.3 Å². The van der Waals surface area contributed by atoms with E-state index >= 15 is 0 Å². The summed E-state index contributed by atoms with van der Waals surface area (Å²) in [6, 6.07) is 8.93. The lowest BCUT2D eigenvalue weighted by Crippen LogP contribution is -2.26. The molecular formula is C18H21Cl2N3O. The van der Waals surface area contributed by atoms with Crippen LogP contribution in [-0.2, 0) is 6.42 Å². The smallest absolute Gasteiger partial charge is 0.269 e. The second-order valence-corrected chi connectivity index (χ2v) is 6.79. The molecule has 0 radical (unpaired) electrons. The van der Waals surface area contributed by atoms with Crippen LogP contribution >= 0.6 is 23.2 Å². The van der Waals surface area contributed by atoms with Gasteiger partial charge in [0, 0.05) is 23.1 Å². The lowest BCUT2D eigenvalue weighted by Gasteiger charge is -2.09. The molecule has 1 amide bonds. The van der Waals surface area contributed by atoms with Crippen LogP contribution in [0.15, 0.2) is 36.5 Å². The molecule has 128 valence electrons. The van der Waals surface area contributed by atoms with E-state index in [2.05, 4.69) is 29.5 Å². The van der Waals surface area contributed by atoms with Gasteiger partial charge in [-0.05, 0) is 42.2 Å². The van der Waals surface area contributed by atoms with Gasteiger partial charge in [-0.15, -0.1) is 0 Å². The molecule has 0 saturated carbocycles. The van der Waals surface area contributed by atoms with E-state index in [-0.39, 0.29) is 5.91 Å². The predicted molar refractivity (Wildman–Crippen MR) is 100 cm³/mol. The van der Waals surface area contributed by atoms with Crippen molar-refractivity contribution in [2.45, 2.75) is 20.3 Å². The summed E-state index contributed by atoms with van der Waals surface area (Å²) in [7, 11) is 0. The minimum atomic E-state index is -0.199. The van der Waals surface area contributed by atoms with E-state index < -0.39 is 0 Å². The van der Waals surface area contributed by atoms with Crippen LogP contribution in [0.3, 0.4) is 0 Å². The van der Waals surface area contributed by atoms with Gasteiger partial charge in [-0.2, -0.15) is 0 Å². The molecule has 0 unspecified atom stereocenters. The highest BCUT2D eigenvalue weighted by molar-refractivity contribution is 6.35. The van der Waals surface area contributed by atoms with E-state index in [0.717, 1.165) is 17.8 Å². The molecule has 0 spiro atoms. The van der Waals surface area contributed by atoms with Crippen molar-refractivity contribution in [2.75, 3.05) is 18.4 Å². The van der Waals surface area contributed by atoms with E-state index in [0.29, 0.717) is 34.6 Å². The number of nitrogens with zero attached hydrogens (tertiary/aromatic N) is 1. The number of rotatable bonds is 7. The molecule has 2 N–H and O–H groups in total. The van der Waals surface area contributed by atoms with Gasteiger partial charge >= 0.3 is 0 Å². The first-order valence-corrected chi connectivity index (χ1v) is 8.63. The maximum atomic E-state index is 12.1. The van der Waals surface area contributed by atoms with Crippen molar-refractivity contribution in [1.29, 1.82) is 0 Å². The van der Waals surface area contributed by atoms with Gasteiger partial charge in [0.1, 0.15) is 5.69 Å². The molecule has 0 saturated heterocycles. The van der Waals surface area contributed by atoms with Crippen molar-refractivity contribution in [3.8, 4) is 0 Å². The quantitative estimate of drug-likeness (QED) is 0.762. The molecule has 0 aliphatic heterocycles. The molecule has 1 aromatic carbocycles. The molecule has 0 atom stereocenters. The number of pyridine rings is 1. The van der Waals surface area contributed by atoms with Crippen LogP contribution in [0, 0.1) is 5.92 Å². The third-order valence-corrected chi connectivity index (χ3v) is 3.99. The Morgan fingerprint density at radius 2 is 2.00 bits per heavy atom. The van der Waals surface area contributed by atoms with E-state index in [4.69, 9.17) is 23.2 Å². The summed E-state index contributed by atoms with van der Waals surface area (Å²) < 4.78 is 0. The summed E-state index contributed by atoms with van der Waals surface area (Å²) >= 11 is 12.0. The van der Waals surface area contributed by atoms with Gasteiger partial charge in [0.25, 0.3) is 5.91 Å². The van der Waals surface area contributed by atoms with Crippen LogP contribution in [0.4, 0.5) is 5.69 Å². The van der Waals surface area contributed by atoms with Crippen LogP contribution in [0.2, 0.25) is 10.0 Å². The topological polar surface area (TPSA) is 54.0 Å². The molecular weight excluding hydrogens is 345 g/mol. The first kappa shape index (κ1) is 18.6. The number of halogens is 2. The van der Waals surface area contributed by atoms with Gasteiger partial charge in [0.2, 0.25) is 0 Å². The molecule has 1 heterocycles. The summed E-state index contributed by atoms with van der Waals surface area (Å²) in [5.41, 5.74) is 2.25. The second-order valence-electron chi connectivity index (χ2n) is 5.95. The number of anilines is 1. The first-order chi connectivity index (χ1) is 11.5. The normalized spacial score (nSPS) is 10.7. The van der Waals surface area contributed by atoms with Crippen molar-refractivity contribution in [2.24, 2.45) is 5.92 Å². The van der Waals surface area contributed by atoms with Crippen LogP contribution in [0.1, 0.15) is 29.9 Å². The van der Waals surface area contributed by atoms with Gasteiger partial charge in [0.05, 0.1) is 11.9 Å². The van der Waals surface area contributed by atoms with Crippen molar-refractivity contribution in [3.63, 3.8) is 0 Å². The lowest BCUT2D eigenvalue weighted by atomic mass is 10.1. The fourth-order valence-electron chi connectivity index (χ4n) is 2.08. The SMILES string of the molecule is CC(C)CNc1ccc(C(=O)NCCc2ccc(Cl)cc2Cl)nc1. The Balaban J connectivity index is 1.83. The highest BCUT2D eigenvalue weighted by Gasteiger charge is 2.08. The van der Waals surface area contributed by atoms with Crippen molar-refractivity contribution >= 4 is 34.8 Å². The van der Waals surface area contributed by atoms with Gasteiger partial charge < -0.3 is 10.6 Å². The molecule has 0 fully saturated rings. The van der Waals surface area contributed by atoms with Crippen LogP contribution in [0.5, 0.6) is 0 Å². The maximum absolute atomic E-state index is 12.1. The van der Waals surface area contributed by atoms with E-state index in [1.807, 2.05) is 12.1 Å². The third-order valence-electron chi connectivity index (χ3n) is 3.41. The summed E-state index contributed by atoms with van der Waals surface area (Å²) in [5, 5.41) is 7.32. The fourth-order valence-corrected chi connectivity index (χ4v) is 2.58. The first-order valence-electron chi connectivity index (χ1n) is 7.87. The second kappa shape index (κ2) is 8.90. The molecule has 0 aliphatic carbocycles. The molecule has 24 heavy (non-hydrogen) atoms. The monoisotopic (exact) mass is 365 g/mol. The highest BCUT2D eigenvalue weighted by Crippen LogP contribution is 2.21. The van der Waals surface area contributed by atoms with E-state index in [1.54, 1.807) is 24.4 Å². The van der Waals surface area contributed by atoms with Crippen LogP contribution in [0.25, 0.3) is 0 Å². The predicted octanol–water partition coefficient (Wildman–Crippen LogP) is 4.43. The average Bonchev–Trinajstić information content (AvgIpc) is 2.55. The zero-order chi connectivity index (χ0) is 17.5. The number of aromatic nitrogens is 1. The van der Waals surface area contributed by atoms with E-state index in [1.165, 1.54) is 0 Å². The third kappa shape index (κ3) is 5.69. The molecule has 2 aromatic rings. The molecule has 1 aromatic heterocycles. The molecule has 4 nitrogen and oxygen atoms in total. The summed E-state index contributed by atoms with van der Waals surface area (Å²) in [4.78, 5) is 16.3. The summed E-state index contributed by atoms with van der Waals surface area (Å²) in [6.45, 7) is 5.62. The molecule has 2 rings (SSSR count). The summed E-state index contributed by atoms with van der Waals surface area (Å²) in [6.07, 6.45) is 2.31. The number of carbonyl (C=O) groups is 1. The average molecular weight is 366 g/mol. The zero-order valence-corrected chi connectivity index (χ0v) is 15.3. The Morgan fingerprint density at radius 1 is 1.21 bits per heavy atom. The minimum Gasteiger partial charge on any atom is -0.384 e. The number of benzene rings is 1. The Kier molecular flexibility index (Phi) is 6.88. The van der Waals surface area contributed by atoms with Gasteiger partial charge in [0.15, 0.2) is 0 Å². The number of hydrogen-bond acceptors (Lipinski definition) is 3. The summed E-state index contributed by atoms with van der Waals surface area (Å²) in [5.74, 6) is 0.350. The standard InChI is InChI=1S/C18H21Cl2N3O/c1-12(2)10-22-15-5-6-17(23-11-15)18(24)21-8-7-13-3-4-14(19)9-16(13)20/h3-6,9,11-12,22H,7-8,10H2,1-2H3,(H,21,24). The lowest BCUT2D eigenvalue weighted by molar-refractivity contribution is 0.0949. The zero-order valence-electron chi connectivity index (χ0n) is 13.8. The van der Waals surface area contributed by atoms with E-state index in [9.17, 15) is 4.79 Å². The van der Waals surface area contributed by atoms with Gasteiger partial charge in [-0.3, -0.25) is 4.79 Å². The number of carbonyl (C=O) groups excluding carboxylic acids is 1.